The Balaban J connectivity index is 2.26. The van der Waals surface area contributed by atoms with Crippen LogP contribution in [0.15, 0.2) is 24.3 Å². The summed E-state index contributed by atoms with van der Waals surface area (Å²) in [5.74, 6) is -1.09. The molecule has 0 atom stereocenters. The van der Waals surface area contributed by atoms with Gasteiger partial charge in [-0.1, -0.05) is 23.7 Å². The van der Waals surface area contributed by atoms with Crippen LogP contribution in [0.3, 0.4) is 0 Å². The molecule has 0 spiro atoms. The molecule has 1 aliphatic rings. The van der Waals surface area contributed by atoms with Crippen LogP contribution in [0.25, 0.3) is 0 Å². The monoisotopic (exact) mass is 280 g/mol. The van der Waals surface area contributed by atoms with Gasteiger partial charge in [0.1, 0.15) is 5.41 Å². The van der Waals surface area contributed by atoms with Crippen LogP contribution in [-0.2, 0) is 16.1 Å². The van der Waals surface area contributed by atoms with Crippen LogP contribution in [0.4, 0.5) is 4.79 Å². The molecule has 6 heteroatoms. The number of nitrogens with one attached hydrogen (secondary N) is 1. The van der Waals surface area contributed by atoms with Gasteiger partial charge in [0.25, 0.3) is 0 Å². The second-order valence-corrected chi connectivity index (χ2v) is 5.34. The van der Waals surface area contributed by atoms with Gasteiger partial charge in [-0.25, -0.2) is 4.79 Å². The van der Waals surface area contributed by atoms with Crippen LogP contribution in [0.1, 0.15) is 19.4 Å². The average Bonchev–Trinajstić information content (AvgIpc) is 2.33. The normalized spacial score (nSPS) is 18.5. The first-order chi connectivity index (χ1) is 8.82. The van der Waals surface area contributed by atoms with Gasteiger partial charge in [-0.2, -0.15) is 0 Å². The summed E-state index contributed by atoms with van der Waals surface area (Å²) in [5, 5.41) is 2.70. The van der Waals surface area contributed by atoms with Crippen molar-refractivity contribution in [1.82, 2.24) is 10.2 Å². The van der Waals surface area contributed by atoms with Crippen molar-refractivity contribution >= 4 is 29.4 Å². The number of imide groups is 2. The van der Waals surface area contributed by atoms with E-state index in [1.54, 1.807) is 24.3 Å². The van der Waals surface area contributed by atoms with E-state index in [2.05, 4.69) is 5.32 Å². The number of nitrogens with zero attached hydrogens (tertiary/aromatic N) is 1. The van der Waals surface area contributed by atoms with E-state index in [0.717, 1.165) is 10.5 Å². The lowest BCUT2D eigenvalue weighted by Crippen LogP contribution is -2.61. The van der Waals surface area contributed by atoms with Crippen LogP contribution in [0.5, 0.6) is 0 Å². The number of rotatable bonds is 2. The molecule has 0 bridgehead atoms. The van der Waals surface area contributed by atoms with Crippen LogP contribution in [0.2, 0.25) is 5.02 Å². The largest absolute Gasteiger partial charge is 0.331 e. The number of benzene rings is 1. The highest BCUT2D eigenvalue weighted by Crippen LogP contribution is 2.25. The highest BCUT2D eigenvalue weighted by molar-refractivity contribution is 6.30. The molecule has 4 amide bonds. The van der Waals surface area contributed by atoms with Crippen molar-refractivity contribution in [2.75, 3.05) is 0 Å². The van der Waals surface area contributed by atoms with Crippen molar-refractivity contribution in [3.63, 3.8) is 0 Å². The average molecular weight is 281 g/mol. The minimum absolute atomic E-state index is 0.0853. The molecule has 19 heavy (non-hydrogen) atoms. The fourth-order valence-corrected chi connectivity index (χ4v) is 2.02. The summed E-state index contributed by atoms with van der Waals surface area (Å²) in [5.41, 5.74) is -0.520. The zero-order valence-corrected chi connectivity index (χ0v) is 11.3. The summed E-state index contributed by atoms with van der Waals surface area (Å²) in [4.78, 5) is 36.5. The molecule has 0 aliphatic carbocycles. The lowest BCUT2D eigenvalue weighted by Gasteiger charge is -2.34. The van der Waals surface area contributed by atoms with E-state index < -0.39 is 23.3 Å². The quantitative estimate of drug-likeness (QED) is 0.842. The summed E-state index contributed by atoms with van der Waals surface area (Å²) in [6.07, 6.45) is 0. The van der Waals surface area contributed by atoms with Gasteiger partial charge in [0.2, 0.25) is 11.8 Å². The highest BCUT2D eigenvalue weighted by atomic mass is 35.5. The van der Waals surface area contributed by atoms with Crippen molar-refractivity contribution in [2.45, 2.75) is 20.4 Å². The summed E-state index contributed by atoms with van der Waals surface area (Å²) in [6.45, 7) is 3.06. The zero-order chi connectivity index (χ0) is 14.2. The Hall–Kier alpha value is -1.88. The Morgan fingerprint density at radius 1 is 1.26 bits per heavy atom. The number of halogens is 1. The van der Waals surface area contributed by atoms with Gasteiger partial charge < -0.3 is 0 Å². The summed E-state index contributed by atoms with van der Waals surface area (Å²) >= 11 is 5.86. The molecule has 1 N–H and O–H groups in total. The molecule has 0 radical (unpaired) electrons. The van der Waals surface area contributed by atoms with E-state index in [-0.39, 0.29) is 6.54 Å². The van der Waals surface area contributed by atoms with E-state index in [1.165, 1.54) is 13.8 Å². The lowest BCUT2D eigenvalue weighted by atomic mass is 9.88. The highest BCUT2D eigenvalue weighted by Gasteiger charge is 2.46. The fraction of sp³-hybridized carbons (Fsp3) is 0.308. The number of hydrogen-bond acceptors (Lipinski definition) is 3. The van der Waals surface area contributed by atoms with Gasteiger partial charge in [-0.05, 0) is 31.5 Å². The van der Waals surface area contributed by atoms with E-state index in [0.29, 0.717) is 5.02 Å². The van der Waals surface area contributed by atoms with E-state index >= 15 is 0 Å². The van der Waals surface area contributed by atoms with Crippen molar-refractivity contribution in [2.24, 2.45) is 5.41 Å². The SMILES string of the molecule is CC1(C)C(=O)NC(=O)N(Cc2cccc(Cl)c2)C1=O. The molecule has 0 aromatic heterocycles. The molecular formula is C13H13ClN2O3. The van der Waals surface area contributed by atoms with Crippen LogP contribution in [0, 0.1) is 5.41 Å². The number of carbonyl (C=O) groups excluding carboxylic acids is 3. The number of amides is 4. The van der Waals surface area contributed by atoms with E-state index in [4.69, 9.17) is 11.6 Å². The summed E-state index contributed by atoms with van der Waals surface area (Å²) in [6, 6.07) is 6.17. The Morgan fingerprint density at radius 2 is 1.95 bits per heavy atom. The smallest absolute Gasteiger partial charge is 0.277 e. The Labute approximate surface area is 115 Å². The topological polar surface area (TPSA) is 66.5 Å². The first kappa shape index (κ1) is 13.5. The lowest BCUT2D eigenvalue weighted by molar-refractivity contribution is -0.149. The first-order valence-corrected chi connectivity index (χ1v) is 6.12. The van der Waals surface area contributed by atoms with Gasteiger partial charge in [0, 0.05) is 5.02 Å². The van der Waals surface area contributed by atoms with Gasteiger partial charge in [-0.3, -0.25) is 19.8 Å². The maximum absolute atomic E-state index is 12.2. The molecule has 1 aromatic carbocycles. The number of carbonyl (C=O) groups is 3. The molecule has 2 rings (SSSR count). The Morgan fingerprint density at radius 3 is 2.58 bits per heavy atom. The molecule has 1 aliphatic heterocycles. The van der Waals surface area contributed by atoms with E-state index in [9.17, 15) is 14.4 Å². The fourth-order valence-electron chi connectivity index (χ4n) is 1.81. The van der Waals surface area contributed by atoms with Crippen LogP contribution >= 0.6 is 11.6 Å². The molecule has 1 aromatic rings. The van der Waals surface area contributed by atoms with Crippen molar-refractivity contribution in [3.05, 3.63) is 34.9 Å². The summed E-state index contributed by atoms with van der Waals surface area (Å²) in [7, 11) is 0. The standard InChI is InChI=1S/C13H13ClN2O3/c1-13(2)10(17)15-12(19)16(11(13)18)7-8-4-3-5-9(14)6-8/h3-6H,7H2,1-2H3,(H,15,17,19). The molecule has 1 heterocycles. The third-order valence-electron chi connectivity index (χ3n) is 3.04. The van der Waals surface area contributed by atoms with Crippen molar-refractivity contribution in [1.29, 1.82) is 0 Å². The maximum Gasteiger partial charge on any atom is 0.331 e. The number of barbiturate groups is 1. The number of hydrogen-bond donors (Lipinski definition) is 1. The van der Waals surface area contributed by atoms with Crippen LogP contribution < -0.4 is 5.32 Å². The van der Waals surface area contributed by atoms with Gasteiger partial charge in [0.05, 0.1) is 6.54 Å². The first-order valence-electron chi connectivity index (χ1n) is 5.74. The second-order valence-electron chi connectivity index (χ2n) is 4.91. The van der Waals surface area contributed by atoms with Crippen LogP contribution in [-0.4, -0.2) is 22.7 Å². The zero-order valence-electron chi connectivity index (χ0n) is 10.6. The predicted molar refractivity (Wildman–Crippen MR) is 69.3 cm³/mol. The van der Waals surface area contributed by atoms with Gasteiger partial charge in [0.15, 0.2) is 0 Å². The molecule has 100 valence electrons. The summed E-state index contributed by atoms with van der Waals surface area (Å²) < 4.78 is 0. The van der Waals surface area contributed by atoms with Gasteiger partial charge >= 0.3 is 6.03 Å². The third kappa shape index (κ3) is 2.46. The molecule has 5 nitrogen and oxygen atoms in total. The maximum atomic E-state index is 12.2. The number of urea groups is 1. The second kappa shape index (κ2) is 4.66. The molecule has 0 unspecified atom stereocenters. The van der Waals surface area contributed by atoms with Gasteiger partial charge in [-0.15, -0.1) is 0 Å². The van der Waals surface area contributed by atoms with Crippen molar-refractivity contribution < 1.29 is 14.4 Å². The molecule has 0 saturated carbocycles. The minimum atomic E-state index is -1.24. The Bertz CT molecular complexity index is 569. The Kier molecular flexibility index (Phi) is 3.32. The minimum Gasteiger partial charge on any atom is -0.277 e. The molecular weight excluding hydrogens is 268 g/mol. The predicted octanol–water partition coefficient (Wildman–Crippen LogP) is 1.94. The van der Waals surface area contributed by atoms with E-state index in [1.807, 2.05) is 0 Å². The molecule has 1 fully saturated rings. The third-order valence-corrected chi connectivity index (χ3v) is 3.28. The molecule has 1 saturated heterocycles. The van der Waals surface area contributed by atoms with Crippen molar-refractivity contribution in [3.8, 4) is 0 Å².